The number of carbonyl (C=O) groups is 2. The number of esters is 1. The lowest BCUT2D eigenvalue weighted by Gasteiger charge is -2.32. The molecule has 0 spiro atoms. The Morgan fingerprint density at radius 2 is 2.07 bits per heavy atom. The van der Waals surface area contributed by atoms with Crippen molar-refractivity contribution >= 4 is 21.9 Å². The fourth-order valence-electron chi connectivity index (χ4n) is 2.91. The zero-order valence-electron chi connectivity index (χ0n) is 15.6. The highest BCUT2D eigenvalue weighted by Crippen LogP contribution is 2.25. The maximum absolute atomic E-state index is 12.9. The van der Waals surface area contributed by atoms with Crippen LogP contribution >= 0.6 is 0 Å². The van der Waals surface area contributed by atoms with Crippen molar-refractivity contribution in [2.24, 2.45) is 0 Å². The van der Waals surface area contributed by atoms with Crippen molar-refractivity contribution in [3.8, 4) is 0 Å². The number of carbonyl (C=O) groups excluding carboxylic acids is 2. The van der Waals surface area contributed by atoms with E-state index in [4.69, 9.17) is 9.47 Å². The first-order chi connectivity index (χ1) is 12.9. The summed E-state index contributed by atoms with van der Waals surface area (Å²) in [5, 5.41) is 2.53. The van der Waals surface area contributed by atoms with Crippen LogP contribution in [0.3, 0.4) is 0 Å². The van der Waals surface area contributed by atoms with Crippen LogP contribution in [0.15, 0.2) is 29.2 Å². The van der Waals surface area contributed by atoms with Gasteiger partial charge in [0.1, 0.15) is 0 Å². The van der Waals surface area contributed by atoms with Crippen LogP contribution < -0.4 is 5.32 Å². The predicted octanol–water partition coefficient (Wildman–Crippen LogP) is 1.17. The number of benzene rings is 1. The van der Waals surface area contributed by atoms with E-state index >= 15 is 0 Å². The molecular formula is C18H26N2O6S. The fourth-order valence-corrected chi connectivity index (χ4v) is 4.65. The SMILES string of the molecule is COCCNC(=O)COC(=O)c1cccc(S(=O)(=O)N2CCCC[C@@H]2C)c1. The molecule has 0 saturated carbocycles. The number of sulfonamides is 1. The number of hydrogen-bond donors (Lipinski definition) is 1. The first-order valence-electron chi connectivity index (χ1n) is 8.91. The molecule has 9 heteroatoms. The third-order valence-corrected chi connectivity index (χ3v) is 6.39. The molecule has 1 heterocycles. The molecule has 1 aliphatic rings. The van der Waals surface area contributed by atoms with E-state index in [9.17, 15) is 18.0 Å². The number of nitrogens with one attached hydrogen (secondary N) is 1. The van der Waals surface area contributed by atoms with Gasteiger partial charge in [-0.3, -0.25) is 4.79 Å². The van der Waals surface area contributed by atoms with Gasteiger partial charge in [0, 0.05) is 26.2 Å². The minimum Gasteiger partial charge on any atom is -0.452 e. The second kappa shape index (κ2) is 9.82. The third-order valence-electron chi connectivity index (χ3n) is 4.38. The van der Waals surface area contributed by atoms with Gasteiger partial charge in [-0.05, 0) is 38.0 Å². The van der Waals surface area contributed by atoms with Crippen molar-refractivity contribution in [2.75, 3.05) is 33.4 Å². The summed E-state index contributed by atoms with van der Waals surface area (Å²) in [6.07, 6.45) is 2.65. The van der Waals surface area contributed by atoms with E-state index < -0.39 is 28.5 Å². The lowest BCUT2D eigenvalue weighted by atomic mass is 10.1. The van der Waals surface area contributed by atoms with Gasteiger partial charge in [0.2, 0.25) is 10.0 Å². The van der Waals surface area contributed by atoms with E-state index in [0.29, 0.717) is 19.7 Å². The number of piperidine rings is 1. The first-order valence-corrected chi connectivity index (χ1v) is 10.3. The Hall–Kier alpha value is -1.97. The maximum Gasteiger partial charge on any atom is 0.338 e. The van der Waals surface area contributed by atoms with Gasteiger partial charge in [0.15, 0.2) is 6.61 Å². The average molecular weight is 398 g/mol. The van der Waals surface area contributed by atoms with Gasteiger partial charge in [-0.1, -0.05) is 12.5 Å². The monoisotopic (exact) mass is 398 g/mol. The lowest BCUT2D eigenvalue weighted by molar-refractivity contribution is -0.124. The molecule has 1 atom stereocenters. The molecule has 1 N–H and O–H groups in total. The van der Waals surface area contributed by atoms with Gasteiger partial charge < -0.3 is 14.8 Å². The topological polar surface area (TPSA) is 102 Å². The Morgan fingerprint density at radius 3 is 2.78 bits per heavy atom. The van der Waals surface area contributed by atoms with Crippen LogP contribution in [0.4, 0.5) is 0 Å². The molecule has 1 aromatic rings. The fraction of sp³-hybridized carbons (Fsp3) is 0.556. The summed E-state index contributed by atoms with van der Waals surface area (Å²) in [5.74, 6) is -1.20. The molecule has 150 valence electrons. The zero-order chi connectivity index (χ0) is 19.9. The molecule has 1 aliphatic heterocycles. The quantitative estimate of drug-likeness (QED) is 0.521. The summed E-state index contributed by atoms with van der Waals surface area (Å²) >= 11 is 0. The maximum atomic E-state index is 12.9. The number of ether oxygens (including phenoxy) is 2. The highest BCUT2D eigenvalue weighted by atomic mass is 32.2. The van der Waals surface area contributed by atoms with E-state index in [1.807, 2.05) is 6.92 Å². The standard InChI is InChI=1S/C18H26N2O6S/c1-14-6-3-4-10-20(14)27(23,24)16-8-5-7-15(12-16)18(22)26-13-17(21)19-9-11-25-2/h5,7-8,12,14H,3-4,6,9-11,13H2,1-2H3,(H,19,21)/t14-/m0/s1. The Labute approximate surface area is 159 Å². The van der Waals surface area contributed by atoms with Crippen LogP contribution in [0.25, 0.3) is 0 Å². The third kappa shape index (κ3) is 5.75. The van der Waals surface area contributed by atoms with Gasteiger partial charge in [0.05, 0.1) is 17.1 Å². The summed E-state index contributed by atoms with van der Waals surface area (Å²) in [6.45, 7) is 2.59. The molecule has 1 fully saturated rings. The van der Waals surface area contributed by atoms with Crippen molar-refractivity contribution in [1.29, 1.82) is 0 Å². The van der Waals surface area contributed by atoms with Crippen LogP contribution in [-0.2, 0) is 24.3 Å². The van der Waals surface area contributed by atoms with Gasteiger partial charge in [-0.15, -0.1) is 0 Å². The number of rotatable bonds is 8. The number of nitrogens with zero attached hydrogens (tertiary/aromatic N) is 1. The predicted molar refractivity (Wildman–Crippen MR) is 98.8 cm³/mol. The van der Waals surface area contributed by atoms with Crippen molar-refractivity contribution in [1.82, 2.24) is 9.62 Å². The van der Waals surface area contributed by atoms with E-state index in [1.165, 1.54) is 35.7 Å². The minimum absolute atomic E-state index is 0.0512. The van der Waals surface area contributed by atoms with Gasteiger partial charge in [-0.25, -0.2) is 13.2 Å². The molecule has 2 rings (SSSR count). The minimum atomic E-state index is -3.68. The Bertz CT molecular complexity index is 765. The summed E-state index contributed by atoms with van der Waals surface area (Å²) in [5.41, 5.74) is 0.0884. The highest BCUT2D eigenvalue weighted by Gasteiger charge is 2.31. The Balaban J connectivity index is 2.03. The number of methoxy groups -OCH3 is 1. The van der Waals surface area contributed by atoms with E-state index in [2.05, 4.69) is 5.32 Å². The molecule has 1 saturated heterocycles. The van der Waals surface area contributed by atoms with Crippen LogP contribution in [0.5, 0.6) is 0 Å². The summed E-state index contributed by atoms with van der Waals surface area (Å²) in [7, 11) is -2.17. The van der Waals surface area contributed by atoms with E-state index in [0.717, 1.165) is 19.3 Å². The van der Waals surface area contributed by atoms with Gasteiger partial charge >= 0.3 is 5.97 Å². The zero-order valence-corrected chi connectivity index (χ0v) is 16.5. The van der Waals surface area contributed by atoms with Crippen LogP contribution in [0.2, 0.25) is 0 Å². The molecule has 1 aromatic carbocycles. The molecule has 0 radical (unpaired) electrons. The van der Waals surface area contributed by atoms with Crippen molar-refractivity contribution in [3.63, 3.8) is 0 Å². The largest absolute Gasteiger partial charge is 0.452 e. The first kappa shape index (κ1) is 21.3. The number of amides is 1. The normalized spacial score (nSPS) is 18.1. The molecular weight excluding hydrogens is 372 g/mol. The molecule has 0 bridgehead atoms. The molecule has 0 aliphatic carbocycles. The van der Waals surface area contributed by atoms with Crippen molar-refractivity contribution in [3.05, 3.63) is 29.8 Å². The van der Waals surface area contributed by atoms with Gasteiger partial charge in [-0.2, -0.15) is 4.31 Å². The van der Waals surface area contributed by atoms with Crippen LogP contribution in [0, 0.1) is 0 Å². The second-order valence-electron chi connectivity index (χ2n) is 6.41. The number of hydrogen-bond acceptors (Lipinski definition) is 6. The van der Waals surface area contributed by atoms with Crippen molar-refractivity contribution in [2.45, 2.75) is 37.1 Å². The molecule has 0 unspecified atom stereocenters. The van der Waals surface area contributed by atoms with E-state index in [1.54, 1.807) is 0 Å². The van der Waals surface area contributed by atoms with Crippen LogP contribution in [0.1, 0.15) is 36.5 Å². The lowest BCUT2D eigenvalue weighted by Crippen LogP contribution is -2.41. The second-order valence-corrected chi connectivity index (χ2v) is 8.30. The molecule has 0 aromatic heterocycles. The van der Waals surface area contributed by atoms with Crippen LogP contribution in [-0.4, -0.2) is 64.1 Å². The Morgan fingerprint density at radius 1 is 1.30 bits per heavy atom. The highest BCUT2D eigenvalue weighted by molar-refractivity contribution is 7.89. The smallest absolute Gasteiger partial charge is 0.338 e. The average Bonchev–Trinajstić information content (AvgIpc) is 2.66. The molecule has 27 heavy (non-hydrogen) atoms. The Kier molecular flexibility index (Phi) is 7.76. The van der Waals surface area contributed by atoms with Gasteiger partial charge in [0.25, 0.3) is 5.91 Å². The van der Waals surface area contributed by atoms with E-state index in [-0.39, 0.29) is 16.5 Å². The molecule has 1 amide bonds. The summed E-state index contributed by atoms with van der Waals surface area (Å²) in [6, 6.07) is 5.64. The summed E-state index contributed by atoms with van der Waals surface area (Å²) < 4.78 is 37.0. The summed E-state index contributed by atoms with van der Waals surface area (Å²) in [4.78, 5) is 23.8. The molecule has 8 nitrogen and oxygen atoms in total. The van der Waals surface area contributed by atoms with Crippen molar-refractivity contribution < 1.29 is 27.5 Å².